The first-order chi connectivity index (χ1) is 9.42. The molecule has 0 aromatic rings. The van der Waals surface area contributed by atoms with Crippen molar-refractivity contribution in [2.45, 2.75) is 63.6 Å². The molecular weight excluding hydrogens is 250 g/mol. The minimum atomic E-state index is -0.0475. The summed E-state index contributed by atoms with van der Waals surface area (Å²) >= 11 is 0. The maximum Gasteiger partial charge on any atom is 0.0644 e. The van der Waals surface area contributed by atoms with Gasteiger partial charge in [0.25, 0.3) is 0 Å². The molecule has 4 heteroatoms. The van der Waals surface area contributed by atoms with Crippen LogP contribution in [-0.2, 0) is 4.74 Å². The van der Waals surface area contributed by atoms with E-state index in [1.54, 1.807) is 0 Å². The van der Waals surface area contributed by atoms with Gasteiger partial charge >= 0.3 is 0 Å². The molecule has 2 N–H and O–H groups in total. The Bertz CT molecular complexity index is 321. The van der Waals surface area contributed by atoms with Crippen LogP contribution >= 0.6 is 0 Å². The van der Waals surface area contributed by atoms with E-state index in [1.165, 1.54) is 32.5 Å². The molecule has 2 saturated heterocycles. The minimum absolute atomic E-state index is 0.0475. The summed E-state index contributed by atoms with van der Waals surface area (Å²) in [6, 6.07) is 0.625. The molecule has 2 rings (SSSR count). The lowest BCUT2D eigenvalue weighted by Gasteiger charge is -2.53. The smallest absolute Gasteiger partial charge is 0.0644 e. The van der Waals surface area contributed by atoms with E-state index >= 15 is 0 Å². The predicted molar refractivity (Wildman–Crippen MR) is 83.9 cm³/mol. The van der Waals surface area contributed by atoms with Gasteiger partial charge < -0.3 is 15.4 Å². The van der Waals surface area contributed by atoms with Gasteiger partial charge in [0.15, 0.2) is 0 Å². The van der Waals surface area contributed by atoms with E-state index in [4.69, 9.17) is 10.5 Å². The number of likely N-dealkylation sites (N-methyl/N-ethyl adjacent to an activating group) is 1. The van der Waals surface area contributed by atoms with Gasteiger partial charge in [-0.3, -0.25) is 4.90 Å². The van der Waals surface area contributed by atoms with Crippen molar-refractivity contribution >= 4 is 0 Å². The fraction of sp³-hybridized carbons (Fsp3) is 1.00. The third kappa shape index (κ3) is 3.35. The zero-order valence-electron chi connectivity index (χ0n) is 13.8. The van der Waals surface area contributed by atoms with Crippen molar-refractivity contribution in [2.75, 3.05) is 39.8 Å². The van der Waals surface area contributed by atoms with Crippen LogP contribution in [0.5, 0.6) is 0 Å². The Kier molecular flexibility index (Phi) is 5.11. The standard InChI is InChI=1S/C16H33N3O/c1-5-14-11-18(4)8-6-9-19(14)16(13-17)7-10-20-15(2,3)12-16/h14H,5-13,17H2,1-4H3. The molecule has 0 saturated carbocycles. The molecule has 0 aromatic carbocycles. The van der Waals surface area contributed by atoms with Gasteiger partial charge in [-0.25, -0.2) is 0 Å². The highest BCUT2D eigenvalue weighted by molar-refractivity contribution is 5.02. The molecule has 0 spiro atoms. The number of rotatable bonds is 3. The van der Waals surface area contributed by atoms with Crippen LogP contribution in [0.15, 0.2) is 0 Å². The molecule has 118 valence electrons. The number of ether oxygens (including phenoxy) is 1. The van der Waals surface area contributed by atoms with Gasteiger partial charge in [0.2, 0.25) is 0 Å². The van der Waals surface area contributed by atoms with Crippen LogP contribution in [0.4, 0.5) is 0 Å². The van der Waals surface area contributed by atoms with E-state index in [-0.39, 0.29) is 11.1 Å². The van der Waals surface area contributed by atoms with Crippen molar-refractivity contribution in [3.8, 4) is 0 Å². The molecule has 0 amide bonds. The van der Waals surface area contributed by atoms with Crippen LogP contribution in [0.1, 0.15) is 46.5 Å². The molecule has 4 nitrogen and oxygen atoms in total. The molecule has 0 aliphatic carbocycles. The molecule has 20 heavy (non-hydrogen) atoms. The lowest BCUT2D eigenvalue weighted by molar-refractivity contribution is -0.126. The first kappa shape index (κ1) is 16.2. The second kappa shape index (κ2) is 6.30. The Labute approximate surface area is 124 Å². The molecule has 2 heterocycles. The molecule has 0 radical (unpaired) electrons. The summed E-state index contributed by atoms with van der Waals surface area (Å²) in [6.07, 6.45) is 4.58. The highest BCUT2D eigenvalue weighted by Gasteiger charge is 2.46. The zero-order valence-corrected chi connectivity index (χ0v) is 13.8. The van der Waals surface area contributed by atoms with Crippen LogP contribution in [-0.4, -0.2) is 66.8 Å². The summed E-state index contributed by atoms with van der Waals surface area (Å²) in [6.45, 7) is 11.9. The number of hydrogen-bond donors (Lipinski definition) is 1. The van der Waals surface area contributed by atoms with Crippen LogP contribution in [0.3, 0.4) is 0 Å². The summed E-state index contributed by atoms with van der Waals surface area (Å²) in [5, 5.41) is 0. The van der Waals surface area contributed by atoms with Crippen LogP contribution < -0.4 is 5.73 Å². The second-order valence-corrected chi connectivity index (χ2v) is 7.33. The van der Waals surface area contributed by atoms with Crippen molar-refractivity contribution in [1.29, 1.82) is 0 Å². The predicted octanol–water partition coefficient (Wildman–Crippen LogP) is 1.69. The highest BCUT2D eigenvalue weighted by Crippen LogP contribution is 2.38. The largest absolute Gasteiger partial charge is 0.375 e. The van der Waals surface area contributed by atoms with Crippen molar-refractivity contribution < 1.29 is 4.74 Å². The van der Waals surface area contributed by atoms with Gasteiger partial charge in [0, 0.05) is 37.8 Å². The SMILES string of the molecule is CCC1CN(C)CCCN1C1(CN)CCOC(C)(C)C1. The molecular formula is C16H33N3O. The van der Waals surface area contributed by atoms with Crippen molar-refractivity contribution in [3.63, 3.8) is 0 Å². The third-order valence-corrected chi connectivity index (χ3v) is 5.18. The molecule has 2 aliphatic rings. The monoisotopic (exact) mass is 283 g/mol. The van der Waals surface area contributed by atoms with E-state index in [2.05, 4.69) is 37.6 Å². The fourth-order valence-corrected chi connectivity index (χ4v) is 4.20. The fourth-order valence-electron chi connectivity index (χ4n) is 4.20. The summed E-state index contributed by atoms with van der Waals surface area (Å²) in [7, 11) is 2.25. The average molecular weight is 283 g/mol. The second-order valence-electron chi connectivity index (χ2n) is 7.33. The van der Waals surface area contributed by atoms with Gasteiger partial charge in [0.1, 0.15) is 0 Å². The van der Waals surface area contributed by atoms with E-state index in [0.29, 0.717) is 6.04 Å². The summed E-state index contributed by atoms with van der Waals surface area (Å²) < 4.78 is 5.94. The first-order valence-corrected chi connectivity index (χ1v) is 8.22. The number of hydrogen-bond acceptors (Lipinski definition) is 4. The van der Waals surface area contributed by atoms with E-state index in [1.807, 2.05) is 0 Å². The van der Waals surface area contributed by atoms with Crippen LogP contribution in [0.25, 0.3) is 0 Å². The molecule has 2 atom stereocenters. The van der Waals surface area contributed by atoms with Gasteiger partial charge in [-0.15, -0.1) is 0 Å². The Balaban J connectivity index is 2.23. The maximum absolute atomic E-state index is 6.28. The van der Waals surface area contributed by atoms with E-state index < -0.39 is 0 Å². The highest BCUT2D eigenvalue weighted by atomic mass is 16.5. The summed E-state index contributed by atoms with van der Waals surface area (Å²) in [5.41, 5.74) is 6.37. The Hall–Kier alpha value is -0.160. The molecule has 0 bridgehead atoms. The third-order valence-electron chi connectivity index (χ3n) is 5.18. The number of nitrogens with two attached hydrogens (primary N) is 1. The summed E-state index contributed by atoms with van der Waals surface area (Å²) in [5.74, 6) is 0. The zero-order chi connectivity index (χ0) is 14.8. The van der Waals surface area contributed by atoms with Gasteiger partial charge in [-0.05, 0) is 53.1 Å². The Morgan fingerprint density at radius 1 is 1.30 bits per heavy atom. The maximum atomic E-state index is 6.28. The minimum Gasteiger partial charge on any atom is -0.375 e. The van der Waals surface area contributed by atoms with E-state index in [9.17, 15) is 0 Å². The lowest BCUT2D eigenvalue weighted by atomic mass is 9.78. The first-order valence-electron chi connectivity index (χ1n) is 8.22. The van der Waals surface area contributed by atoms with Crippen molar-refractivity contribution in [3.05, 3.63) is 0 Å². The molecule has 2 fully saturated rings. The molecule has 0 aromatic heterocycles. The number of nitrogens with zero attached hydrogens (tertiary/aromatic N) is 2. The van der Waals surface area contributed by atoms with Crippen LogP contribution in [0.2, 0.25) is 0 Å². The van der Waals surface area contributed by atoms with Crippen molar-refractivity contribution in [2.24, 2.45) is 5.73 Å². The molecule has 2 aliphatic heterocycles. The quantitative estimate of drug-likeness (QED) is 0.856. The van der Waals surface area contributed by atoms with Gasteiger partial charge in [-0.1, -0.05) is 6.92 Å². The van der Waals surface area contributed by atoms with E-state index in [0.717, 1.165) is 26.0 Å². The molecule has 2 unspecified atom stereocenters. The average Bonchev–Trinajstić information content (AvgIpc) is 2.59. The van der Waals surface area contributed by atoms with Gasteiger partial charge in [-0.2, -0.15) is 0 Å². The Morgan fingerprint density at radius 2 is 2.05 bits per heavy atom. The topological polar surface area (TPSA) is 41.7 Å². The Morgan fingerprint density at radius 3 is 2.65 bits per heavy atom. The lowest BCUT2D eigenvalue weighted by Crippen LogP contribution is -2.63. The van der Waals surface area contributed by atoms with Crippen molar-refractivity contribution in [1.82, 2.24) is 9.80 Å². The summed E-state index contributed by atoms with van der Waals surface area (Å²) in [4.78, 5) is 5.21. The van der Waals surface area contributed by atoms with Crippen LogP contribution in [0, 0.1) is 0 Å². The van der Waals surface area contributed by atoms with Gasteiger partial charge in [0.05, 0.1) is 5.60 Å². The normalized spacial score (nSPS) is 36.8.